The molecule has 0 saturated heterocycles. The van der Waals surface area contributed by atoms with Crippen molar-refractivity contribution in [2.75, 3.05) is 0 Å². The first kappa shape index (κ1) is 16.6. The summed E-state index contributed by atoms with van der Waals surface area (Å²) in [7, 11) is 0. The minimum Gasteiger partial charge on any atom is -0.489 e. The zero-order valence-electron chi connectivity index (χ0n) is 13.3. The quantitative estimate of drug-likeness (QED) is 0.805. The number of hydrogen-bond donors (Lipinski definition) is 1. The topological polar surface area (TPSA) is 35.2 Å². The Hall–Kier alpha value is -0.730. The maximum atomic E-state index is 6.37. The molecule has 3 heteroatoms. The Bertz CT molecular complexity index is 441. The molecule has 1 aliphatic carbocycles. The van der Waals surface area contributed by atoms with E-state index in [1.807, 2.05) is 12.1 Å². The van der Waals surface area contributed by atoms with Gasteiger partial charge in [-0.05, 0) is 56.1 Å². The molecule has 0 bridgehead atoms. The molecule has 2 rings (SSSR count). The van der Waals surface area contributed by atoms with Gasteiger partial charge < -0.3 is 10.5 Å². The lowest BCUT2D eigenvalue weighted by atomic mass is 9.86. The number of nitrogens with two attached hydrogens (primary N) is 1. The molecule has 21 heavy (non-hydrogen) atoms. The van der Waals surface area contributed by atoms with Crippen LogP contribution >= 0.6 is 11.6 Å². The fraction of sp³-hybridized carbons (Fsp3) is 0.667. The molecule has 0 radical (unpaired) electrons. The first-order valence-electron chi connectivity index (χ1n) is 8.33. The maximum absolute atomic E-state index is 6.37. The van der Waals surface area contributed by atoms with Crippen LogP contribution in [0.15, 0.2) is 18.2 Å². The van der Waals surface area contributed by atoms with E-state index in [-0.39, 0.29) is 6.04 Å². The Morgan fingerprint density at radius 1 is 1.24 bits per heavy atom. The van der Waals surface area contributed by atoms with Crippen LogP contribution in [0.5, 0.6) is 5.75 Å². The summed E-state index contributed by atoms with van der Waals surface area (Å²) in [4.78, 5) is 0. The van der Waals surface area contributed by atoms with Crippen LogP contribution in [0, 0.1) is 5.92 Å². The number of halogens is 1. The lowest BCUT2D eigenvalue weighted by Gasteiger charge is -2.29. The molecule has 2 N–H and O–H groups in total. The Labute approximate surface area is 134 Å². The summed E-state index contributed by atoms with van der Waals surface area (Å²) in [6.07, 6.45) is 8.22. The van der Waals surface area contributed by atoms with Gasteiger partial charge in [-0.2, -0.15) is 0 Å². The van der Waals surface area contributed by atoms with Gasteiger partial charge in [-0.3, -0.25) is 0 Å². The molecule has 0 heterocycles. The minimum absolute atomic E-state index is 0.168. The molecule has 1 aromatic rings. The summed E-state index contributed by atoms with van der Waals surface area (Å²) in [5.74, 6) is 1.74. The maximum Gasteiger partial charge on any atom is 0.141 e. The van der Waals surface area contributed by atoms with Gasteiger partial charge in [-0.15, -0.1) is 0 Å². The lowest BCUT2D eigenvalue weighted by molar-refractivity contribution is 0.129. The number of para-hydroxylation sites is 1. The van der Waals surface area contributed by atoms with Crippen molar-refractivity contribution < 1.29 is 4.74 Å². The van der Waals surface area contributed by atoms with Crippen LogP contribution in [0.25, 0.3) is 0 Å². The molecule has 1 saturated carbocycles. The highest BCUT2D eigenvalue weighted by Crippen LogP contribution is 2.35. The van der Waals surface area contributed by atoms with Gasteiger partial charge in [0.05, 0.1) is 11.1 Å². The highest BCUT2D eigenvalue weighted by atomic mass is 35.5. The van der Waals surface area contributed by atoms with Crippen molar-refractivity contribution in [3.63, 3.8) is 0 Å². The number of rotatable bonds is 6. The van der Waals surface area contributed by atoms with Crippen LogP contribution in [-0.4, -0.2) is 12.1 Å². The number of benzene rings is 1. The van der Waals surface area contributed by atoms with Gasteiger partial charge in [0, 0.05) is 6.04 Å². The summed E-state index contributed by atoms with van der Waals surface area (Å²) >= 11 is 6.37. The van der Waals surface area contributed by atoms with Crippen molar-refractivity contribution in [3.05, 3.63) is 28.8 Å². The highest BCUT2D eigenvalue weighted by molar-refractivity contribution is 6.32. The van der Waals surface area contributed by atoms with E-state index in [0.717, 1.165) is 42.9 Å². The largest absolute Gasteiger partial charge is 0.489 e. The van der Waals surface area contributed by atoms with E-state index in [0.29, 0.717) is 11.1 Å². The first-order chi connectivity index (χ1) is 10.1. The third-order valence-electron chi connectivity index (χ3n) is 4.71. The van der Waals surface area contributed by atoms with Crippen LogP contribution in [0.4, 0.5) is 0 Å². The van der Waals surface area contributed by atoms with E-state index in [9.17, 15) is 0 Å². The molecular weight excluding hydrogens is 282 g/mol. The van der Waals surface area contributed by atoms with Crippen molar-refractivity contribution in [2.45, 2.75) is 70.9 Å². The van der Waals surface area contributed by atoms with Gasteiger partial charge in [-0.25, -0.2) is 0 Å². The van der Waals surface area contributed by atoms with E-state index < -0.39 is 0 Å². The average molecular weight is 310 g/mol. The fourth-order valence-electron chi connectivity index (χ4n) is 3.10. The monoisotopic (exact) mass is 309 g/mol. The van der Waals surface area contributed by atoms with Gasteiger partial charge in [0.2, 0.25) is 0 Å². The van der Waals surface area contributed by atoms with Gasteiger partial charge in [-0.1, -0.05) is 44.0 Å². The molecule has 118 valence electrons. The summed E-state index contributed by atoms with van der Waals surface area (Å²) in [6.45, 7) is 4.39. The van der Waals surface area contributed by atoms with Crippen molar-refractivity contribution in [2.24, 2.45) is 11.7 Å². The smallest absolute Gasteiger partial charge is 0.141 e. The Balaban J connectivity index is 2.05. The number of hydrogen-bond acceptors (Lipinski definition) is 2. The van der Waals surface area contributed by atoms with Gasteiger partial charge >= 0.3 is 0 Å². The fourth-order valence-corrected chi connectivity index (χ4v) is 3.34. The van der Waals surface area contributed by atoms with E-state index in [1.54, 1.807) is 0 Å². The SMILES string of the molecule is CCC(N)Cc1cccc(Cl)c1OC1CCC(CC)CC1. The Morgan fingerprint density at radius 3 is 2.57 bits per heavy atom. The van der Waals surface area contributed by atoms with E-state index >= 15 is 0 Å². The van der Waals surface area contributed by atoms with Crippen LogP contribution in [0.3, 0.4) is 0 Å². The van der Waals surface area contributed by atoms with Crippen molar-refractivity contribution >= 4 is 11.6 Å². The van der Waals surface area contributed by atoms with E-state index in [2.05, 4.69) is 19.9 Å². The first-order valence-corrected chi connectivity index (χ1v) is 8.71. The molecule has 1 aromatic carbocycles. The molecule has 0 spiro atoms. The summed E-state index contributed by atoms with van der Waals surface area (Å²) in [5.41, 5.74) is 7.24. The molecule has 0 aromatic heterocycles. The molecule has 1 aliphatic rings. The van der Waals surface area contributed by atoms with Gasteiger partial charge in [0.15, 0.2) is 0 Å². The average Bonchev–Trinajstić information content (AvgIpc) is 2.51. The zero-order chi connectivity index (χ0) is 15.2. The molecule has 1 fully saturated rings. The second-order valence-electron chi connectivity index (χ2n) is 6.27. The van der Waals surface area contributed by atoms with Crippen molar-refractivity contribution in [1.29, 1.82) is 0 Å². The second kappa shape index (κ2) is 8.05. The van der Waals surface area contributed by atoms with Crippen molar-refractivity contribution in [3.8, 4) is 5.75 Å². The third-order valence-corrected chi connectivity index (χ3v) is 5.01. The predicted molar refractivity (Wildman–Crippen MR) is 90.1 cm³/mol. The standard InChI is InChI=1S/C18H28ClNO/c1-3-13-8-10-16(11-9-13)21-18-14(12-15(20)4-2)6-5-7-17(18)19/h5-7,13,15-16H,3-4,8-12,20H2,1-2H3. The summed E-state index contributed by atoms with van der Waals surface area (Å²) < 4.78 is 6.27. The van der Waals surface area contributed by atoms with Gasteiger partial charge in [0.1, 0.15) is 5.75 Å². The van der Waals surface area contributed by atoms with Crippen LogP contribution in [0.2, 0.25) is 5.02 Å². The zero-order valence-corrected chi connectivity index (χ0v) is 14.0. The van der Waals surface area contributed by atoms with Crippen molar-refractivity contribution in [1.82, 2.24) is 0 Å². The molecule has 2 nitrogen and oxygen atoms in total. The molecule has 0 aliphatic heterocycles. The molecule has 0 amide bonds. The predicted octanol–water partition coefficient (Wildman–Crippen LogP) is 4.97. The third kappa shape index (κ3) is 4.62. The summed E-state index contributed by atoms with van der Waals surface area (Å²) in [5, 5.41) is 0.716. The minimum atomic E-state index is 0.168. The lowest BCUT2D eigenvalue weighted by Crippen LogP contribution is -2.26. The molecule has 1 atom stereocenters. The Morgan fingerprint density at radius 2 is 1.95 bits per heavy atom. The molecule has 1 unspecified atom stereocenters. The van der Waals surface area contributed by atoms with Crippen LogP contribution < -0.4 is 10.5 Å². The Kier molecular flexibility index (Phi) is 6.38. The number of ether oxygens (including phenoxy) is 1. The van der Waals surface area contributed by atoms with E-state index in [4.69, 9.17) is 22.1 Å². The van der Waals surface area contributed by atoms with Gasteiger partial charge in [0.25, 0.3) is 0 Å². The normalized spacial score (nSPS) is 23.8. The van der Waals surface area contributed by atoms with Crippen LogP contribution in [-0.2, 0) is 6.42 Å². The summed E-state index contributed by atoms with van der Waals surface area (Å²) in [6, 6.07) is 6.16. The van der Waals surface area contributed by atoms with Crippen LogP contribution in [0.1, 0.15) is 57.9 Å². The van der Waals surface area contributed by atoms with E-state index in [1.165, 1.54) is 19.3 Å². The highest BCUT2D eigenvalue weighted by Gasteiger charge is 2.23. The second-order valence-corrected chi connectivity index (χ2v) is 6.68. The molecular formula is C18H28ClNO.